The Labute approximate surface area is 158 Å². The number of aromatic nitrogens is 2. The molecule has 0 radical (unpaired) electrons. The average molecular weight is 362 g/mol. The molecule has 0 spiro atoms. The molecule has 0 amide bonds. The summed E-state index contributed by atoms with van der Waals surface area (Å²) in [4.78, 5) is 13.5. The smallest absolute Gasteiger partial charge is 0.322 e. The summed E-state index contributed by atoms with van der Waals surface area (Å²) in [5.41, 5.74) is 4.10. The van der Waals surface area contributed by atoms with Crippen LogP contribution in [0.5, 0.6) is 0 Å². The number of nitrogens with one attached hydrogen (secondary N) is 1. The van der Waals surface area contributed by atoms with Gasteiger partial charge in [-0.05, 0) is 12.1 Å². The number of hydrogen-bond acceptors (Lipinski definition) is 4. The molecule has 1 aliphatic heterocycles. The number of carboxylic acids is 1. The molecule has 1 fully saturated rings. The van der Waals surface area contributed by atoms with Crippen LogP contribution in [0.3, 0.4) is 0 Å². The van der Waals surface area contributed by atoms with Gasteiger partial charge >= 0.3 is 5.97 Å². The van der Waals surface area contributed by atoms with Crippen LogP contribution in [0.4, 0.5) is 0 Å². The van der Waals surface area contributed by atoms with E-state index in [2.05, 4.69) is 28.5 Å². The van der Waals surface area contributed by atoms with E-state index in [9.17, 15) is 9.90 Å². The topological polar surface area (TPSA) is 70.4 Å². The van der Waals surface area contributed by atoms with Gasteiger partial charge in [0.2, 0.25) is 0 Å². The molecular weight excluding hydrogens is 340 g/mol. The van der Waals surface area contributed by atoms with Crippen molar-refractivity contribution in [3.8, 4) is 16.9 Å². The summed E-state index contributed by atoms with van der Waals surface area (Å²) in [5, 5.41) is 17.2. The van der Waals surface area contributed by atoms with Gasteiger partial charge in [-0.25, -0.2) is 4.68 Å². The van der Waals surface area contributed by atoms with E-state index in [-0.39, 0.29) is 0 Å². The van der Waals surface area contributed by atoms with Crippen LogP contribution in [-0.2, 0) is 11.3 Å². The summed E-state index contributed by atoms with van der Waals surface area (Å²) in [5.74, 6) is -0.803. The Hall–Kier alpha value is -2.96. The van der Waals surface area contributed by atoms with Crippen molar-refractivity contribution in [1.82, 2.24) is 20.0 Å². The predicted octanol–water partition coefficient (Wildman–Crippen LogP) is 2.40. The van der Waals surface area contributed by atoms with Gasteiger partial charge in [0.15, 0.2) is 0 Å². The molecule has 0 bridgehead atoms. The monoisotopic (exact) mass is 362 g/mol. The van der Waals surface area contributed by atoms with Gasteiger partial charge in [0.05, 0.1) is 11.4 Å². The highest BCUT2D eigenvalue weighted by Gasteiger charge is 2.26. The number of hydrogen-bond donors (Lipinski definition) is 2. The molecule has 138 valence electrons. The Morgan fingerprint density at radius 1 is 1.11 bits per heavy atom. The molecule has 0 saturated carbocycles. The third-order valence-electron chi connectivity index (χ3n) is 4.81. The second-order valence-electron chi connectivity index (χ2n) is 6.73. The third kappa shape index (κ3) is 3.92. The van der Waals surface area contributed by atoms with E-state index >= 15 is 0 Å². The number of aliphatic carboxylic acids is 1. The van der Waals surface area contributed by atoms with Gasteiger partial charge in [0.1, 0.15) is 6.04 Å². The van der Waals surface area contributed by atoms with Crippen LogP contribution in [-0.4, -0.2) is 51.4 Å². The van der Waals surface area contributed by atoms with E-state index in [1.54, 1.807) is 0 Å². The molecule has 1 aromatic heterocycles. The Bertz CT molecular complexity index is 908. The SMILES string of the molecule is O=C(O)C1CN(Cc2cn(-c3ccccc3)nc2-c2ccccc2)CCN1. The Morgan fingerprint density at radius 3 is 2.52 bits per heavy atom. The first-order chi connectivity index (χ1) is 13.2. The lowest BCUT2D eigenvalue weighted by atomic mass is 10.1. The first-order valence-electron chi connectivity index (χ1n) is 9.08. The summed E-state index contributed by atoms with van der Waals surface area (Å²) in [6, 6.07) is 19.6. The lowest BCUT2D eigenvalue weighted by Crippen LogP contribution is -2.53. The van der Waals surface area contributed by atoms with Crippen molar-refractivity contribution in [2.75, 3.05) is 19.6 Å². The number of rotatable bonds is 5. The number of nitrogens with zero attached hydrogens (tertiary/aromatic N) is 3. The minimum atomic E-state index is -0.803. The summed E-state index contributed by atoms with van der Waals surface area (Å²) < 4.78 is 1.90. The van der Waals surface area contributed by atoms with Gasteiger partial charge < -0.3 is 10.4 Å². The van der Waals surface area contributed by atoms with Crippen molar-refractivity contribution in [3.63, 3.8) is 0 Å². The molecule has 27 heavy (non-hydrogen) atoms. The number of piperazine rings is 1. The van der Waals surface area contributed by atoms with Crippen LogP contribution in [0.15, 0.2) is 66.9 Å². The maximum absolute atomic E-state index is 11.3. The molecule has 1 aliphatic rings. The minimum absolute atomic E-state index is 0.486. The van der Waals surface area contributed by atoms with Crippen LogP contribution in [0.2, 0.25) is 0 Å². The standard InChI is InChI=1S/C21H22N4O2/c26-21(27)19-15-24(12-11-22-19)13-17-14-25(18-9-5-2-6-10-18)23-20(17)16-7-3-1-4-8-16/h1-10,14,19,22H,11-13,15H2,(H,26,27). The largest absolute Gasteiger partial charge is 0.480 e. The van der Waals surface area contributed by atoms with Crippen LogP contribution in [0.1, 0.15) is 5.56 Å². The highest BCUT2D eigenvalue weighted by Crippen LogP contribution is 2.25. The maximum atomic E-state index is 11.3. The van der Waals surface area contributed by atoms with Crippen LogP contribution >= 0.6 is 0 Å². The van der Waals surface area contributed by atoms with Crippen molar-refractivity contribution in [1.29, 1.82) is 0 Å². The lowest BCUT2D eigenvalue weighted by Gasteiger charge is -2.31. The normalized spacial score (nSPS) is 17.7. The molecule has 1 saturated heterocycles. The molecule has 4 rings (SSSR count). The van der Waals surface area contributed by atoms with Crippen molar-refractivity contribution >= 4 is 5.97 Å². The van der Waals surface area contributed by atoms with Gasteiger partial charge in [-0.2, -0.15) is 5.10 Å². The first-order valence-corrected chi connectivity index (χ1v) is 9.08. The average Bonchev–Trinajstić information content (AvgIpc) is 3.13. The molecule has 1 unspecified atom stereocenters. The summed E-state index contributed by atoms with van der Waals surface area (Å²) in [6.07, 6.45) is 2.05. The zero-order valence-electron chi connectivity index (χ0n) is 15.0. The highest BCUT2D eigenvalue weighted by molar-refractivity contribution is 5.74. The van der Waals surface area contributed by atoms with E-state index in [0.29, 0.717) is 19.6 Å². The van der Waals surface area contributed by atoms with Crippen molar-refractivity contribution in [3.05, 3.63) is 72.4 Å². The van der Waals surface area contributed by atoms with Gasteiger partial charge in [0.25, 0.3) is 0 Å². The van der Waals surface area contributed by atoms with Crippen molar-refractivity contribution in [2.45, 2.75) is 12.6 Å². The highest BCUT2D eigenvalue weighted by atomic mass is 16.4. The van der Waals surface area contributed by atoms with E-state index in [1.807, 2.05) is 53.2 Å². The van der Waals surface area contributed by atoms with Crippen molar-refractivity contribution in [2.24, 2.45) is 0 Å². The fourth-order valence-corrected chi connectivity index (χ4v) is 3.44. The third-order valence-corrected chi connectivity index (χ3v) is 4.81. The Morgan fingerprint density at radius 2 is 1.81 bits per heavy atom. The molecule has 2 N–H and O–H groups in total. The fourth-order valence-electron chi connectivity index (χ4n) is 3.44. The Kier molecular flexibility index (Phi) is 5.00. The molecule has 1 atom stereocenters. The number of benzene rings is 2. The first kappa shape index (κ1) is 17.5. The molecule has 6 heteroatoms. The molecule has 3 aromatic rings. The van der Waals surface area contributed by atoms with E-state index in [4.69, 9.17) is 5.10 Å². The minimum Gasteiger partial charge on any atom is -0.480 e. The number of para-hydroxylation sites is 1. The fraction of sp³-hybridized carbons (Fsp3) is 0.238. The second-order valence-corrected chi connectivity index (χ2v) is 6.73. The quantitative estimate of drug-likeness (QED) is 0.729. The van der Waals surface area contributed by atoms with Gasteiger partial charge in [-0.1, -0.05) is 48.5 Å². The van der Waals surface area contributed by atoms with E-state index < -0.39 is 12.0 Å². The maximum Gasteiger partial charge on any atom is 0.322 e. The molecule has 6 nitrogen and oxygen atoms in total. The molecule has 2 heterocycles. The number of carbonyl (C=O) groups is 1. The zero-order chi connectivity index (χ0) is 18.6. The van der Waals surface area contributed by atoms with Crippen LogP contribution in [0, 0.1) is 0 Å². The van der Waals surface area contributed by atoms with E-state index in [0.717, 1.165) is 29.1 Å². The van der Waals surface area contributed by atoms with Crippen LogP contribution in [0.25, 0.3) is 16.9 Å². The van der Waals surface area contributed by atoms with Crippen molar-refractivity contribution < 1.29 is 9.90 Å². The molecule has 2 aromatic carbocycles. The zero-order valence-corrected chi connectivity index (χ0v) is 15.0. The summed E-state index contributed by atoms with van der Waals surface area (Å²) >= 11 is 0. The van der Waals surface area contributed by atoms with Gasteiger partial charge in [-0.3, -0.25) is 9.69 Å². The van der Waals surface area contributed by atoms with Gasteiger partial charge in [-0.15, -0.1) is 0 Å². The Balaban J connectivity index is 1.66. The summed E-state index contributed by atoms with van der Waals surface area (Å²) in [7, 11) is 0. The number of carboxylic acid groups (broad SMARTS) is 1. The predicted molar refractivity (Wildman–Crippen MR) is 104 cm³/mol. The molecular formula is C21H22N4O2. The molecule has 0 aliphatic carbocycles. The lowest BCUT2D eigenvalue weighted by molar-refractivity contribution is -0.140. The van der Waals surface area contributed by atoms with Gasteiger partial charge in [0, 0.05) is 43.5 Å². The van der Waals surface area contributed by atoms with E-state index in [1.165, 1.54) is 0 Å². The summed E-state index contributed by atoms with van der Waals surface area (Å²) in [6.45, 7) is 2.64. The van der Waals surface area contributed by atoms with Crippen LogP contribution < -0.4 is 5.32 Å². The second kappa shape index (κ2) is 7.73.